The van der Waals surface area contributed by atoms with E-state index in [1.54, 1.807) is 42.5 Å². The third-order valence-electron chi connectivity index (χ3n) is 5.23. The molecule has 3 aromatic rings. The Bertz CT molecular complexity index is 1180. The molecule has 1 saturated heterocycles. The van der Waals surface area contributed by atoms with Gasteiger partial charge in [-0.2, -0.15) is 5.10 Å². The van der Waals surface area contributed by atoms with Crippen molar-refractivity contribution in [1.29, 1.82) is 0 Å². The van der Waals surface area contributed by atoms with Gasteiger partial charge in [0.05, 0.1) is 16.7 Å². The Kier molecular flexibility index (Phi) is 5.62. The van der Waals surface area contributed by atoms with E-state index in [0.717, 1.165) is 0 Å². The van der Waals surface area contributed by atoms with Gasteiger partial charge in [0.25, 0.3) is 5.91 Å². The summed E-state index contributed by atoms with van der Waals surface area (Å²) in [5, 5.41) is 6.49. The van der Waals surface area contributed by atoms with Crippen LogP contribution in [0.1, 0.15) is 27.7 Å². The number of sulfone groups is 1. The van der Waals surface area contributed by atoms with E-state index in [1.807, 2.05) is 0 Å². The van der Waals surface area contributed by atoms with E-state index in [0.29, 0.717) is 21.8 Å². The van der Waals surface area contributed by atoms with Gasteiger partial charge in [-0.1, -0.05) is 29.8 Å². The third-order valence-corrected chi connectivity index (χ3v) is 7.68. The Labute approximate surface area is 178 Å². The van der Waals surface area contributed by atoms with Crippen LogP contribution in [0.2, 0.25) is 5.02 Å². The molecule has 9 heteroatoms. The van der Waals surface area contributed by atoms with Crippen LogP contribution >= 0.6 is 11.6 Å². The zero-order valence-electron chi connectivity index (χ0n) is 15.9. The van der Waals surface area contributed by atoms with Crippen molar-refractivity contribution in [2.75, 3.05) is 18.8 Å². The number of amides is 1. The summed E-state index contributed by atoms with van der Waals surface area (Å²) in [5.74, 6) is -0.830. The molecule has 0 saturated carbocycles. The van der Waals surface area contributed by atoms with Crippen LogP contribution in [0.4, 0.5) is 4.39 Å². The monoisotopic (exact) mass is 447 g/mol. The molecule has 0 spiro atoms. The molecule has 30 heavy (non-hydrogen) atoms. The zero-order chi connectivity index (χ0) is 21.3. The van der Waals surface area contributed by atoms with Gasteiger partial charge in [0.1, 0.15) is 11.5 Å². The fourth-order valence-electron chi connectivity index (χ4n) is 3.60. The molecule has 1 aromatic heterocycles. The van der Waals surface area contributed by atoms with Crippen LogP contribution in [0.3, 0.4) is 0 Å². The maximum atomic E-state index is 13.1. The van der Waals surface area contributed by atoms with Gasteiger partial charge in [0, 0.05) is 23.7 Å². The highest BCUT2D eigenvalue weighted by Gasteiger charge is 2.34. The van der Waals surface area contributed by atoms with Gasteiger partial charge >= 0.3 is 0 Å². The molecular weight excluding hydrogens is 429 g/mol. The van der Waals surface area contributed by atoms with E-state index in [-0.39, 0.29) is 42.7 Å². The largest absolute Gasteiger partial charge is 0.336 e. The molecule has 2 aromatic carbocycles. The molecule has 1 amide bonds. The van der Waals surface area contributed by atoms with E-state index in [1.165, 1.54) is 17.0 Å². The molecule has 1 aliphatic heterocycles. The fraction of sp³-hybridized carbons (Fsp3) is 0.238. The Morgan fingerprint density at radius 2 is 1.87 bits per heavy atom. The molecular formula is C21H19ClFN3O3S. The van der Waals surface area contributed by atoms with Gasteiger partial charge in [-0.25, -0.2) is 12.8 Å². The summed E-state index contributed by atoms with van der Waals surface area (Å²) in [5.41, 5.74) is 2.00. The Morgan fingerprint density at radius 3 is 2.60 bits per heavy atom. The van der Waals surface area contributed by atoms with Gasteiger partial charge in [0.15, 0.2) is 9.84 Å². The molecule has 1 atom stereocenters. The number of H-pyrrole nitrogens is 1. The third kappa shape index (κ3) is 4.11. The smallest absolute Gasteiger partial charge is 0.271 e. The summed E-state index contributed by atoms with van der Waals surface area (Å²) in [6.45, 7) is 0.367. The number of hydrogen-bond donors (Lipinski definition) is 1. The van der Waals surface area contributed by atoms with Crippen molar-refractivity contribution in [1.82, 2.24) is 15.1 Å². The number of aromatic amines is 1. The average molecular weight is 448 g/mol. The minimum Gasteiger partial charge on any atom is -0.336 e. The summed E-state index contributed by atoms with van der Waals surface area (Å²) in [6, 6.07) is 14.3. The highest BCUT2D eigenvalue weighted by atomic mass is 35.5. The lowest BCUT2D eigenvalue weighted by Gasteiger charge is -2.19. The lowest BCUT2D eigenvalue weighted by atomic mass is 10.1. The van der Waals surface area contributed by atoms with Crippen molar-refractivity contribution in [2.45, 2.75) is 11.7 Å². The van der Waals surface area contributed by atoms with Gasteiger partial charge in [-0.3, -0.25) is 9.89 Å². The second kappa shape index (κ2) is 8.20. The van der Waals surface area contributed by atoms with Crippen LogP contribution in [0.25, 0.3) is 11.3 Å². The second-order valence-corrected chi connectivity index (χ2v) is 9.84. The highest BCUT2D eigenvalue weighted by molar-refractivity contribution is 7.91. The first-order chi connectivity index (χ1) is 14.3. The van der Waals surface area contributed by atoms with Crippen molar-refractivity contribution in [3.05, 3.63) is 76.7 Å². The number of nitrogens with one attached hydrogen (secondary N) is 1. The molecule has 1 N–H and O–H groups in total. The SMILES string of the molecule is O=C(c1cc(-c2ccc(F)cc2)n[nH]1)N1CCC(c2ccccc2Cl)S(=O)(=O)CC1. The van der Waals surface area contributed by atoms with Gasteiger partial charge < -0.3 is 4.90 Å². The normalized spacial score (nSPS) is 18.7. The van der Waals surface area contributed by atoms with Crippen molar-refractivity contribution in [3.63, 3.8) is 0 Å². The molecule has 0 bridgehead atoms. The first-order valence-electron chi connectivity index (χ1n) is 9.42. The maximum Gasteiger partial charge on any atom is 0.271 e. The topological polar surface area (TPSA) is 83.1 Å². The van der Waals surface area contributed by atoms with E-state index < -0.39 is 15.1 Å². The number of carbonyl (C=O) groups excluding carboxylic acids is 1. The fourth-order valence-corrected chi connectivity index (χ4v) is 5.75. The minimum atomic E-state index is -3.47. The lowest BCUT2D eigenvalue weighted by molar-refractivity contribution is 0.0760. The van der Waals surface area contributed by atoms with Crippen LogP contribution in [-0.2, 0) is 9.84 Å². The molecule has 0 aliphatic carbocycles. The second-order valence-electron chi connectivity index (χ2n) is 7.13. The summed E-state index contributed by atoms with van der Waals surface area (Å²) >= 11 is 6.22. The summed E-state index contributed by atoms with van der Waals surface area (Å²) < 4.78 is 38.8. The molecule has 2 heterocycles. The predicted octanol–water partition coefficient (Wildman–Crippen LogP) is 3.87. The lowest BCUT2D eigenvalue weighted by Crippen LogP contribution is -2.33. The number of nitrogens with zero attached hydrogens (tertiary/aromatic N) is 2. The Morgan fingerprint density at radius 1 is 1.13 bits per heavy atom. The number of rotatable bonds is 3. The number of halogens is 2. The highest BCUT2D eigenvalue weighted by Crippen LogP contribution is 2.34. The number of carbonyl (C=O) groups is 1. The van der Waals surface area contributed by atoms with Crippen molar-refractivity contribution < 1.29 is 17.6 Å². The Hall–Kier alpha value is -2.71. The van der Waals surface area contributed by atoms with Gasteiger partial charge in [-0.15, -0.1) is 0 Å². The van der Waals surface area contributed by atoms with Gasteiger partial charge in [-0.05, 0) is 48.4 Å². The van der Waals surface area contributed by atoms with Crippen LogP contribution in [-0.4, -0.2) is 48.3 Å². The van der Waals surface area contributed by atoms with E-state index in [4.69, 9.17) is 11.6 Å². The minimum absolute atomic E-state index is 0.0903. The maximum absolute atomic E-state index is 13.1. The molecule has 1 unspecified atom stereocenters. The standard InChI is InChI=1S/C21H19ClFN3O3S/c22-17-4-2-1-3-16(17)20-9-10-26(11-12-30(20,28)29)21(27)19-13-18(24-25-19)14-5-7-15(23)8-6-14/h1-8,13,20H,9-12H2,(H,24,25). The van der Waals surface area contributed by atoms with E-state index in [9.17, 15) is 17.6 Å². The average Bonchev–Trinajstić information content (AvgIpc) is 3.15. The van der Waals surface area contributed by atoms with Crippen LogP contribution in [0.5, 0.6) is 0 Å². The van der Waals surface area contributed by atoms with Crippen molar-refractivity contribution in [2.24, 2.45) is 0 Å². The van der Waals surface area contributed by atoms with Crippen LogP contribution < -0.4 is 0 Å². The number of hydrogen-bond acceptors (Lipinski definition) is 4. The first-order valence-corrected chi connectivity index (χ1v) is 11.5. The molecule has 4 rings (SSSR count). The molecule has 6 nitrogen and oxygen atoms in total. The molecule has 1 aliphatic rings. The van der Waals surface area contributed by atoms with Crippen molar-refractivity contribution in [3.8, 4) is 11.3 Å². The molecule has 1 fully saturated rings. The van der Waals surface area contributed by atoms with Crippen molar-refractivity contribution >= 4 is 27.3 Å². The van der Waals surface area contributed by atoms with Crippen LogP contribution in [0.15, 0.2) is 54.6 Å². The Balaban J connectivity index is 1.54. The van der Waals surface area contributed by atoms with Crippen LogP contribution in [0, 0.1) is 5.82 Å². The summed E-state index contributed by atoms with van der Waals surface area (Å²) in [4.78, 5) is 14.5. The summed E-state index contributed by atoms with van der Waals surface area (Å²) in [6.07, 6.45) is 0.261. The molecule has 0 radical (unpaired) electrons. The summed E-state index contributed by atoms with van der Waals surface area (Å²) in [7, 11) is -3.47. The molecule has 156 valence electrons. The number of aromatic nitrogens is 2. The van der Waals surface area contributed by atoms with E-state index in [2.05, 4.69) is 10.2 Å². The number of benzene rings is 2. The predicted molar refractivity (Wildman–Crippen MR) is 112 cm³/mol. The zero-order valence-corrected chi connectivity index (χ0v) is 17.5. The first kappa shape index (κ1) is 20.6. The van der Waals surface area contributed by atoms with Gasteiger partial charge in [0.2, 0.25) is 0 Å². The quantitative estimate of drug-likeness (QED) is 0.660. The van der Waals surface area contributed by atoms with E-state index >= 15 is 0 Å².